The van der Waals surface area contributed by atoms with Crippen LogP contribution >= 0.6 is 0 Å². The first kappa shape index (κ1) is 20.5. The van der Waals surface area contributed by atoms with Gasteiger partial charge in [-0.3, -0.25) is 9.69 Å². The number of hydrogen-bond donors (Lipinski definition) is 0. The molecule has 1 aromatic heterocycles. The van der Waals surface area contributed by atoms with Crippen LogP contribution in [0.25, 0.3) is 22.2 Å². The number of nitrogens with zero attached hydrogens (tertiary/aromatic N) is 4. The first-order valence-corrected chi connectivity index (χ1v) is 11.2. The van der Waals surface area contributed by atoms with Crippen LogP contribution in [0.15, 0.2) is 78.9 Å². The number of fused-ring (bicyclic) bond motifs is 1. The zero-order valence-corrected chi connectivity index (χ0v) is 18.4. The number of benzene rings is 3. The van der Waals surface area contributed by atoms with Crippen LogP contribution in [0, 0.1) is 0 Å². The molecule has 0 saturated carbocycles. The van der Waals surface area contributed by atoms with Crippen LogP contribution < -0.4 is 0 Å². The maximum atomic E-state index is 12.8. The maximum absolute atomic E-state index is 12.8. The lowest BCUT2D eigenvalue weighted by Crippen LogP contribution is -2.48. The van der Waals surface area contributed by atoms with Crippen LogP contribution in [0.5, 0.6) is 0 Å². The summed E-state index contributed by atoms with van der Waals surface area (Å²) in [6, 6.07) is 26.9. The fraction of sp³-hybridized carbons (Fsp3) is 0.259. The molecule has 0 atom stereocenters. The number of imidazole rings is 1. The van der Waals surface area contributed by atoms with Crippen molar-refractivity contribution in [1.82, 2.24) is 19.4 Å². The third-order valence-corrected chi connectivity index (χ3v) is 6.39. The largest absolute Gasteiger partial charge is 0.340 e. The zero-order valence-electron chi connectivity index (χ0n) is 18.4. The Morgan fingerprint density at radius 1 is 0.812 bits per heavy atom. The minimum absolute atomic E-state index is 0.208. The van der Waals surface area contributed by atoms with Gasteiger partial charge >= 0.3 is 0 Å². The highest BCUT2D eigenvalue weighted by Gasteiger charge is 2.22. The maximum Gasteiger partial charge on any atom is 0.227 e. The van der Waals surface area contributed by atoms with Crippen LogP contribution in [-0.4, -0.2) is 51.4 Å². The number of rotatable bonds is 5. The lowest BCUT2D eigenvalue weighted by atomic mass is 10.0. The van der Waals surface area contributed by atoms with Crippen molar-refractivity contribution in [3.05, 3.63) is 90.3 Å². The standard InChI is InChI=1S/C27H28N4O/c1-29-25-10-6-5-9-24(25)28-26(29)20-30-15-17-31(18-16-30)27(32)19-21-11-13-23(14-12-21)22-7-3-2-4-8-22/h2-14H,15-20H2,1H3. The van der Waals surface area contributed by atoms with E-state index in [2.05, 4.69) is 65.0 Å². The summed E-state index contributed by atoms with van der Waals surface area (Å²) in [5.41, 5.74) is 5.64. The molecule has 1 aliphatic heterocycles. The second-order valence-electron chi connectivity index (χ2n) is 8.47. The summed E-state index contributed by atoms with van der Waals surface area (Å²) < 4.78 is 2.17. The molecule has 1 amide bonds. The van der Waals surface area contributed by atoms with Crippen molar-refractivity contribution in [1.29, 1.82) is 0 Å². The van der Waals surface area contributed by atoms with Gasteiger partial charge in [-0.2, -0.15) is 0 Å². The number of piperazine rings is 1. The van der Waals surface area contributed by atoms with Gasteiger partial charge in [0.05, 0.1) is 24.0 Å². The van der Waals surface area contributed by atoms with Gasteiger partial charge in [0.25, 0.3) is 0 Å². The van der Waals surface area contributed by atoms with Gasteiger partial charge in [-0.25, -0.2) is 4.98 Å². The van der Waals surface area contributed by atoms with Crippen molar-refractivity contribution in [3.8, 4) is 11.1 Å². The Morgan fingerprint density at radius 3 is 2.19 bits per heavy atom. The SMILES string of the molecule is Cn1c(CN2CCN(C(=O)Cc3ccc(-c4ccccc4)cc3)CC2)nc2ccccc21. The monoisotopic (exact) mass is 424 g/mol. The number of para-hydroxylation sites is 2. The van der Waals surface area contributed by atoms with Crippen molar-refractivity contribution in [2.75, 3.05) is 26.2 Å². The van der Waals surface area contributed by atoms with E-state index in [0.717, 1.165) is 55.1 Å². The highest BCUT2D eigenvalue weighted by Crippen LogP contribution is 2.20. The Labute approximate surface area is 188 Å². The van der Waals surface area contributed by atoms with E-state index in [-0.39, 0.29) is 5.91 Å². The summed E-state index contributed by atoms with van der Waals surface area (Å²) in [6.07, 6.45) is 0.458. The van der Waals surface area contributed by atoms with Crippen molar-refractivity contribution in [2.45, 2.75) is 13.0 Å². The van der Waals surface area contributed by atoms with Crippen molar-refractivity contribution in [3.63, 3.8) is 0 Å². The molecule has 0 radical (unpaired) electrons. The molecule has 3 aromatic carbocycles. The summed E-state index contributed by atoms with van der Waals surface area (Å²) in [5, 5.41) is 0. The molecule has 32 heavy (non-hydrogen) atoms. The molecule has 5 nitrogen and oxygen atoms in total. The number of carbonyl (C=O) groups excluding carboxylic acids is 1. The fourth-order valence-corrected chi connectivity index (χ4v) is 4.42. The normalized spacial score (nSPS) is 14.7. The molecule has 4 aromatic rings. The van der Waals surface area contributed by atoms with Crippen LogP contribution in [0.1, 0.15) is 11.4 Å². The zero-order chi connectivity index (χ0) is 21.9. The average molecular weight is 425 g/mol. The molecule has 0 N–H and O–H groups in total. The number of amides is 1. The quantitative estimate of drug-likeness (QED) is 0.484. The Hall–Kier alpha value is -3.44. The summed E-state index contributed by atoms with van der Waals surface area (Å²) in [7, 11) is 2.08. The number of aryl methyl sites for hydroxylation is 1. The van der Waals surface area contributed by atoms with Crippen molar-refractivity contribution in [2.24, 2.45) is 7.05 Å². The molecule has 1 aliphatic rings. The third kappa shape index (κ3) is 4.30. The Bertz CT molecular complexity index is 1210. The molecule has 5 heteroatoms. The van der Waals surface area contributed by atoms with E-state index in [9.17, 15) is 4.79 Å². The minimum atomic E-state index is 0.208. The number of carbonyl (C=O) groups is 1. The second-order valence-corrected chi connectivity index (χ2v) is 8.47. The molecule has 0 spiro atoms. The van der Waals surface area contributed by atoms with Gasteiger partial charge in [-0.15, -0.1) is 0 Å². The molecule has 162 valence electrons. The van der Waals surface area contributed by atoms with Crippen molar-refractivity contribution < 1.29 is 4.79 Å². The van der Waals surface area contributed by atoms with E-state index in [1.54, 1.807) is 0 Å². The highest BCUT2D eigenvalue weighted by atomic mass is 16.2. The highest BCUT2D eigenvalue weighted by molar-refractivity contribution is 5.79. The molecular formula is C27H28N4O. The van der Waals surface area contributed by atoms with Crippen LogP contribution in [-0.2, 0) is 24.8 Å². The topological polar surface area (TPSA) is 41.4 Å². The minimum Gasteiger partial charge on any atom is -0.340 e. The van der Waals surface area contributed by atoms with E-state index in [1.165, 1.54) is 11.1 Å². The smallest absolute Gasteiger partial charge is 0.227 e. The summed E-state index contributed by atoms with van der Waals surface area (Å²) in [5.74, 6) is 1.28. The summed E-state index contributed by atoms with van der Waals surface area (Å²) in [4.78, 5) is 22.0. The second kappa shape index (κ2) is 8.97. The lowest BCUT2D eigenvalue weighted by molar-refractivity contribution is -0.132. The van der Waals surface area contributed by atoms with Gasteiger partial charge in [0.2, 0.25) is 5.91 Å². The van der Waals surface area contributed by atoms with E-state index in [0.29, 0.717) is 6.42 Å². The fourth-order valence-electron chi connectivity index (χ4n) is 4.42. The molecule has 0 aliphatic carbocycles. The Kier molecular flexibility index (Phi) is 5.73. The van der Waals surface area contributed by atoms with E-state index < -0.39 is 0 Å². The number of aromatic nitrogens is 2. The predicted octanol–water partition coefficient (Wildman–Crippen LogP) is 4.13. The van der Waals surface area contributed by atoms with Gasteiger partial charge in [-0.1, -0.05) is 66.7 Å². The van der Waals surface area contributed by atoms with Gasteiger partial charge in [0.15, 0.2) is 0 Å². The molecule has 0 bridgehead atoms. The van der Waals surface area contributed by atoms with Crippen LogP contribution in [0.4, 0.5) is 0 Å². The van der Waals surface area contributed by atoms with Crippen molar-refractivity contribution >= 4 is 16.9 Å². The average Bonchev–Trinajstić information content (AvgIpc) is 3.16. The first-order valence-electron chi connectivity index (χ1n) is 11.2. The molecule has 1 fully saturated rings. The van der Waals surface area contributed by atoms with E-state index in [4.69, 9.17) is 4.98 Å². The molecule has 5 rings (SSSR count). The lowest BCUT2D eigenvalue weighted by Gasteiger charge is -2.34. The molecule has 1 saturated heterocycles. The Morgan fingerprint density at radius 2 is 1.47 bits per heavy atom. The van der Waals surface area contributed by atoms with Gasteiger partial charge in [-0.05, 0) is 28.8 Å². The summed E-state index contributed by atoms with van der Waals surface area (Å²) >= 11 is 0. The number of hydrogen-bond acceptors (Lipinski definition) is 3. The van der Waals surface area contributed by atoms with Gasteiger partial charge < -0.3 is 9.47 Å². The Balaban J connectivity index is 1.15. The van der Waals surface area contributed by atoms with Gasteiger partial charge in [0.1, 0.15) is 5.82 Å². The third-order valence-electron chi connectivity index (χ3n) is 6.39. The van der Waals surface area contributed by atoms with E-state index >= 15 is 0 Å². The van der Waals surface area contributed by atoms with Crippen LogP contribution in [0.2, 0.25) is 0 Å². The predicted molar refractivity (Wildman–Crippen MR) is 128 cm³/mol. The van der Waals surface area contributed by atoms with E-state index in [1.807, 2.05) is 35.2 Å². The molecular weight excluding hydrogens is 396 g/mol. The first-order chi connectivity index (χ1) is 15.7. The summed E-state index contributed by atoms with van der Waals surface area (Å²) in [6.45, 7) is 4.10. The van der Waals surface area contributed by atoms with Gasteiger partial charge in [0, 0.05) is 33.2 Å². The molecule has 0 unspecified atom stereocenters. The van der Waals surface area contributed by atoms with Crippen LogP contribution in [0.3, 0.4) is 0 Å². The molecule has 2 heterocycles.